The highest BCUT2D eigenvalue weighted by molar-refractivity contribution is 5.82. The van der Waals surface area contributed by atoms with Crippen molar-refractivity contribution >= 4 is 11.6 Å². The van der Waals surface area contributed by atoms with E-state index in [-0.39, 0.29) is 11.9 Å². The monoisotopic (exact) mass is 220 g/mol. The van der Waals surface area contributed by atoms with Crippen LogP contribution in [-0.2, 0) is 11.2 Å². The lowest BCUT2D eigenvalue weighted by Gasteiger charge is -2.13. The van der Waals surface area contributed by atoms with Crippen molar-refractivity contribution in [2.75, 3.05) is 5.73 Å². The third kappa shape index (κ3) is 2.10. The first-order valence-corrected chi connectivity index (χ1v) is 5.41. The number of nitrogens with two attached hydrogens (primary N) is 1. The van der Waals surface area contributed by atoms with Crippen molar-refractivity contribution in [3.05, 3.63) is 23.8 Å². The maximum atomic E-state index is 11.7. The van der Waals surface area contributed by atoms with Crippen molar-refractivity contribution in [1.82, 2.24) is 5.32 Å². The highest BCUT2D eigenvalue weighted by Crippen LogP contribution is 2.30. The standard InChI is InChI=1S/C12H16N2O2/c1-7(2)14-12(15)11-6-8-5-9(13)3-4-10(8)16-11/h3-5,7,11H,6,13H2,1-2H3,(H,14,15). The summed E-state index contributed by atoms with van der Waals surface area (Å²) in [5, 5.41) is 2.84. The van der Waals surface area contributed by atoms with Gasteiger partial charge in [-0.25, -0.2) is 0 Å². The molecule has 1 aliphatic rings. The molecule has 0 fully saturated rings. The second-order valence-electron chi connectivity index (χ2n) is 4.34. The first-order chi connectivity index (χ1) is 7.56. The van der Waals surface area contributed by atoms with Gasteiger partial charge in [0.2, 0.25) is 0 Å². The lowest BCUT2D eigenvalue weighted by molar-refractivity contribution is -0.127. The van der Waals surface area contributed by atoms with E-state index < -0.39 is 6.10 Å². The number of ether oxygens (including phenoxy) is 1. The molecule has 1 heterocycles. The number of amides is 1. The molecule has 1 aromatic carbocycles. The summed E-state index contributed by atoms with van der Waals surface area (Å²) in [5.74, 6) is 0.697. The van der Waals surface area contributed by atoms with Crippen molar-refractivity contribution in [1.29, 1.82) is 0 Å². The van der Waals surface area contributed by atoms with E-state index in [0.29, 0.717) is 12.1 Å². The molecule has 0 saturated carbocycles. The summed E-state index contributed by atoms with van der Waals surface area (Å²) in [4.78, 5) is 11.7. The first-order valence-electron chi connectivity index (χ1n) is 5.41. The van der Waals surface area contributed by atoms with Crippen LogP contribution in [0.2, 0.25) is 0 Å². The second kappa shape index (κ2) is 4.04. The van der Waals surface area contributed by atoms with Gasteiger partial charge in [-0.1, -0.05) is 0 Å². The molecule has 0 saturated heterocycles. The SMILES string of the molecule is CC(C)NC(=O)C1Cc2cc(N)ccc2O1. The van der Waals surface area contributed by atoms with E-state index in [4.69, 9.17) is 10.5 Å². The van der Waals surface area contributed by atoms with Gasteiger partial charge in [-0.2, -0.15) is 0 Å². The molecule has 0 radical (unpaired) electrons. The summed E-state index contributed by atoms with van der Waals surface area (Å²) in [5.41, 5.74) is 7.38. The van der Waals surface area contributed by atoms with Gasteiger partial charge in [0.1, 0.15) is 5.75 Å². The lowest BCUT2D eigenvalue weighted by atomic mass is 10.1. The zero-order chi connectivity index (χ0) is 11.7. The Hall–Kier alpha value is -1.71. The van der Waals surface area contributed by atoms with Crippen LogP contribution >= 0.6 is 0 Å². The van der Waals surface area contributed by atoms with E-state index >= 15 is 0 Å². The normalized spacial score (nSPS) is 18.1. The molecule has 16 heavy (non-hydrogen) atoms. The van der Waals surface area contributed by atoms with Crippen molar-refractivity contribution in [3.8, 4) is 5.75 Å². The molecular weight excluding hydrogens is 204 g/mol. The Morgan fingerprint density at radius 2 is 2.31 bits per heavy atom. The van der Waals surface area contributed by atoms with E-state index in [1.807, 2.05) is 26.0 Å². The lowest BCUT2D eigenvalue weighted by Crippen LogP contribution is -2.40. The van der Waals surface area contributed by atoms with Crippen LogP contribution in [0, 0.1) is 0 Å². The Labute approximate surface area is 94.8 Å². The number of carbonyl (C=O) groups is 1. The first kappa shape index (κ1) is 10.8. The number of nitrogen functional groups attached to an aromatic ring is 1. The van der Waals surface area contributed by atoms with Crippen LogP contribution in [0.1, 0.15) is 19.4 Å². The Kier molecular flexibility index (Phi) is 2.73. The molecule has 1 aromatic rings. The largest absolute Gasteiger partial charge is 0.480 e. The van der Waals surface area contributed by atoms with E-state index in [0.717, 1.165) is 11.3 Å². The molecule has 86 valence electrons. The molecule has 1 unspecified atom stereocenters. The highest BCUT2D eigenvalue weighted by atomic mass is 16.5. The molecule has 0 aliphatic carbocycles. The number of carbonyl (C=O) groups excluding carboxylic acids is 1. The third-order valence-electron chi connectivity index (χ3n) is 2.48. The average molecular weight is 220 g/mol. The van der Waals surface area contributed by atoms with Crippen molar-refractivity contribution in [3.63, 3.8) is 0 Å². The van der Waals surface area contributed by atoms with E-state index in [1.165, 1.54) is 0 Å². The van der Waals surface area contributed by atoms with Gasteiger partial charge in [0.25, 0.3) is 5.91 Å². The van der Waals surface area contributed by atoms with Crippen LogP contribution in [0.4, 0.5) is 5.69 Å². The molecule has 1 atom stereocenters. The number of hydrogen-bond acceptors (Lipinski definition) is 3. The van der Waals surface area contributed by atoms with Crippen LogP contribution in [-0.4, -0.2) is 18.1 Å². The molecule has 0 aromatic heterocycles. The fourth-order valence-electron chi connectivity index (χ4n) is 1.79. The summed E-state index contributed by atoms with van der Waals surface area (Å²) >= 11 is 0. The molecule has 3 N–H and O–H groups in total. The smallest absolute Gasteiger partial charge is 0.261 e. The Balaban J connectivity index is 2.08. The predicted octanol–water partition coefficient (Wildman–Crippen LogP) is 1.10. The highest BCUT2D eigenvalue weighted by Gasteiger charge is 2.29. The second-order valence-corrected chi connectivity index (χ2v) is 4.34. The van der Waals surface area contributed by atoms with Crippen LogP contribution in [0.25, 0.3) is 0 Å². The van der Waals surface area contributed by atoms with Gasteiger partial charge < -0.3 is 15.8 Å². The van der Waals surface area contributed by atoms with Crippen LogP contribution < -0.4 is 15.8 Å². The molecule has 1 amide bonds. The fraction of sp³-hybridized carbons (Fsp3) is 0.417. The quantitative estimate of drug-likeness (QED) is 0.733. The average Bonchev–Trinajstić information content (AvgIpc) is 2.59. The Morgan fingerprint density at radius 1 is 1.56 bits per heavy atom. The maximum absolute atomic E-state index is 11.7. The summed E-state index contributed by atoms with van der Waals surface area (Å²) in [6.45, 7) is 3.86. The van der Waals surface area contributed by atoms with Crippen LogP contribution in [0.5, 0.6) is 5.75 Å². The number of benzene rings is 1. The van der Waals surface area contributed by atoms with Crippen LogP contribution in [0.3, 0.4) is 0 Å². The Bertz CT molecular complexity index is 415. The number of nitrogens with one attached hydrogen (secondary N) is 1. The summed E-state index contributed by atoms with van der Waals surface area (Å²) in [7, 11) is 0. The van der Waals surface area contributed by atoms with Crippen molar-refractivity contribution in [2.24, 2.45) is 0 Å². The number of hydrogen-bond donors (Lipinski definition) is 2. The van der Waals surface area contributed by atoms with E-state index in [1.54, 1.807) is 6.07 Å². The molecular formula is C12H16N2O2. The Morgan fingerprint density at radius 3 is 3.00 bits per heavy atom. The minimum Gasteiger partial charge on any atom is -0.480 e. The van der Waals surface area contributed by atoms with Gasteiger partial charge in [0, 0.05) is 23.7 Å². The van der Waals surface area contributed by atoms with Gasteiger partial charge in [-0.05, 0) is 32.0 Å². The summed E-state index contributed by atoms with van der Waals surface area (Å²) in [6.07, 6.45) is 0.179. The van der Waals surface area contributed by atoms with Gasteiger partial charge in [0.05, 0.1) is 0 Å². The van der Waals surface area contributed by atoms with Crippen molar-refractivity contribution in [2.45, 2.75) is 32.4 Å². The molecule has 1 aliphatic heterocycles. The fourth-order valence-corrected chi connectivity index (χ4v) is 1.79. The molecule has 4 nitrogen and oxygen atoms in total. The molecule has 0 spiro atoms. The summed E-state index contributed by atoms with van der Waals surface area (Å²) in [6, 6.07) is 5.58. The number of anilines is 1. The van der Waals surface area contributed by atoms with Gasteiger partial charge >= 0.3 is 0 Å². The zero-order valence-corrected chi connectivity index (χ0v) is 9.49. The van der Waals surface area contributed by atoms with Crippen LogP contribution in [0.15, 0.2) is 18.2 Å². The van der Waals surface area contributed by atoms with E-state index in [2.05, 4.69) is 5.32 Å². The minimum atomic E-state index is -0.417. The van der Waals surface area contributed by atoms with E-state index in [9.17, 15) is 4.79 Å². The topological polar surface area (TPSA) is 64.4 Å². The van der Waals surface area contributed by atoms with Gasteiger partial charge in [0.15, 0.2) is 6.10 Å². The minimum absolute atomic E-state index is 0.0650. The van der Waals surface area contributed by atoms with Gasteiger partial charge in [-0.3, -0.25) is 4.79 Å². The third-order valence-corrected chi connectivity index (χ3v) is 2.48. The molecule has 4 heteroatoms. The molecule has 0 bridgehead atoms. The number of rotatable bonds is 2. The zero-order valence-electron chi connectivity index (χ0n) is 9.49. The predicted molar refractivity (Wildman–Crippen MR) is 62.3 cm³/mol. The van der Waals surface area contributed by atoms with Crippen molar-refractivity contribution < 1.29 is 9.53 Å². The summed E-state index contributed by atoms with van der Waals surface area (Å²) < 4.78 is 5.56. The maximum Gasteiger partial charge on any atom is 0.261 e. The number of fused-ring (bicyclic) bond motifs is 1. The van der Waals surface area contributed by atoms with Gasteiger partial charge in [-0.15, -0.1) is 0 Å². The molecule has 2 rings (SSSR count).